The largest absolute Gasteiger partial charge is 0.480 e. The van der Waals surface area contributed by atoms with Crippen LogP contribution in [0.15, 0.2) is 0 Å². The van der Waals surface area contributed by atoms with Gasteiger partial charge in [-0.1, -0.05) is 0 Å². The lowest BCUT2D eigenvalue weighted by molar-refractivity contribution is -0.167. The number of carbonyl (C=O) groups is 2. The minimum absolute atomic E-state index is 0.0515. The molecule has 1 aliphatic carbocycles. The number of carboxylic acid groups (broad SMARTS) is 2. The highest BCUT2D eigenvalue weighted by atomic mass is 16.4. The van der Waals surface area contributed by atoms with Gasteiger partial charge in [0.1, 0.15) is 0 Å². The quantitative estimate of drug-likeness (QED) is 0.639. The SMILES string of the molecule is N#CC1CCC(C(=O)O)(C(=O)O)CC1. The number of aliphatic carboxylic acids is 2. The van der Waals surface area contributed by atoms with Crippen LogP contribution >= 0.6 is 0 Å². The first-order chi connectivity index (χ1) is 6.53. The van der Waals surface area contributed by atoms with Crippen molar-refractivity contribution in [2.24, 2.45) is 11.3 Å². The Kier molecular flexibility index (Phi) is 2.75. The summed E-state index contributed by atoms with van der Waals surface area (Å²) in [5.41, 5.74) is -1.66. The summed E-state index contributed by atoms with van der Waals surface area (Å²) in [6, 6.07) is 2.03. The predicted octanol–water partition coefficient (Wildman–Crippen LogP) is 0.856. The molecule has 0 aromatic heterocycles. The van der Waals surface area contributed by atoms with E-state index in [2.05, 4.69) is 0 Å². The maximum atomic E-state index is 10.8. The summed E-state index contributed by atoms with van der Waals surface area (Å²) in [6.07, 6.45) is 0.815. The molecule has 0 spiro atoms. The van der Waals surface area contributed by atoms with Gasteiger partial charge in [-0.25, -0.2) is 0 Å². The minimum Gasteiger partial charge on any atom is -0.480 e. The van der Waals surface area contributed by atoms with Gasteiger partial charge in [0.25, 0.3) is 0 Å². The Morgan fingerprint density at radius 1 is 1.21 bits per heavy atom. The van der Waals surface area contributed by atoms with E-state index in [1.165, 1.54) is 0 Å². The first kappa shape index (κ1) is 10.5. The van der Waals surface area contributed by atoms with Gasteiger partial charge in [0.2, 0.25) is 0 Å². The van der Waals surface area contributed by atoms with Crippen LogP contribution in [0.25, 0.3) is 0 Å². The summed E-state index contributed by atoms with van der Waals surface area (Å²) >= 11 is 0. The molecule has 0 atom stereocenters. The lowest BCUT2D eigenvalue weighted by Crippen LogP contribution is -2.42. The number of hydrogen-bond acceptors (Lipinski definition) is 3. The van der Waals surface area contributed by atoms with Gasteiger partial charge in [0.05, 0.1) is 6.07 Å². The van der Waals surface area contributed by atoms with Crippen LogP contribution in [0, 0.1) is 22.7 Å². The van der Waals surface area contributed by atoms with Gasteiger partial charge in [0, 0.05) is 5.92 Å². The van der Waals surface area contributed by atoms with Crippen LogP contribution in [0.2, 0.25) is 0 Å². The van der Waals surface area contributed by atoms with E-state index < -0.39 is 17.4 Å². The molecule has 1 aliphatic rings. The molecule has 76 valence electrons. The number of rotatable bonds is 2. The van der Waals surface area contributed by atoms with Gasteiger partial charge in [0.15, 0.2) is 5.41 Å². The van der Waals surface area contributed by atoms with Gasteiger partial charge in [-0.2, -0.15) is 5.26 Å². The van der Waals surface area contributed by atoms with E-state index in [-0.39, 0.29) is 18.8 Å². The van der Waals surface area contributed by atoms with Gasteiger partial charge < -0.3 is 10.2 Å². The molecule has 0 aromatic carbocycles. The van der Waals surface area contributed by atoms with E-state index in [0.717, 1.165) is 0 Å². The molecule has 1 rings (SSSR count). The Hall–Kier alpha value is -1.57. The minimum atomic E-state index is -1.66. The highest BCUT2D eigenvalue weighted by molar-refractivity contribution is 5.98. The van der Waals surface area contributed by atoms with E-state index >= 15 is 0 Å². The first-order valence-electron chi connectivity index (χ1n) is 4.39. The van der Waals surface area contributed by atoms with Crippen molar-refractivity contribution in [1.29, 1.82) is 5.26 Å². The maximum Gasteiger partial charge on any atom is 0.321 e. The Morgan fingerprint density at radius 3 is 1.93 bits per heavy atom. The van der Waals surface area contributed by atoms with Gasteiger partial charge in [-0.15, -0.1) is 0 Å². The van der Waals surface area contributed by atoms with Gasteiger partial charge in [-0.05, 0) is 25.7 Å². The normalized spacial score (nSPS) is 21.1. The van der Waals surface area contributed by atoms with Crippen molar-refractivity contribution in [1.82, 2.24) is 0 Å². The molecule has 0 unspecified atom stereocenters. The zero-order chi connectivity index (χ0) is 10.8. The monoisotopic (exact) mass is 197 g/mol. The van der Waals surface area contributed by atoms with E-state index in [4.69, 9.17) is 15.5 Å². The second-order valence-corrected chi connectivity index (χ2v) is 3.60. The fourth-order valence-corrected chi connectivity index (χ4v) is 1.76. The van der Waals surface area contributed by atoms with Crippen LogP contribution in [0.5, 0.6) is 0 Å². The number of nitrogens with zero attached hydrogens (tertiary/aromatic N) is 1. The third-order valence-electron chi connectivity index (χ3n) is 2.84. The summed E-state index contributed by atoms with van der Waals surface area (Å²) in [5.74, 6) is -2.77. The smallest absolute Gasteiger partial charge is 0.321 e. The predicted molar refractivity (Wildman–Crippen MR) is 45.3 cm³/mol. The van der Waals surface area contributed by atoms with Crippen molar-refractivity contribution in [2.75, 3.05) is 0 Å². The summed E-state index contributed by atoms with van der Waals surface area (Å²) in [6.45, 7) is 0. The molecule has 1 saturated carbocycles. The van der Waals surface area contributed by atoms with E-state index in [9.17, 15) is 9.59 Å². The molecule has 5 nitrogen and oxygen atoms in total. The van der Waals surface area contributed by atoms with Crippen molar-refractivity contribution < 1.29 is 19.8 Å². The van der Waals surface area contributed by atoms with Crippen molar-refractivity contribution in [2.45, 2.75) is 25.7 Å². The molecule has 0 aromatic rings. The van der Waals surface area contributed by atoms with Crippen LogP contribution in [-0.4, -0.2) is 22.2 Å². The highest BCUT2D eigenvalue weighted by Crippen LogP contribution is 2.39. The molecule has 0 heterocycles. The topological polar surface area (TPSA) is 98.4 Å². The lowest BCUT2D eigenvalue weighted by atomic mass is 9.71. The van der Waals surface area contributed by atoms with Crippen LogP contribution in [-0.2, 0) is 9.59 Å². The molecule has 14 heavy (non-hydrogen) atoms. The Morgan fingerprint density at radius 2 is 1.64 bits per heavy atom. The zero-order valence-corrected chi connectivity index (χ0v) is 7.56. The van der Waals surface area contributed by atoms with Crippen LogP contribution < -0.4 is 0 Å². The summed E-state index contributed by atoms with van der Waals surface area (Å²) in [5, 5.41) is 26.3. The van der Waals surface area contributed by atoms with Crippen molar-refractivity contribution >= 4 is 11.9 Å². The van der Waals surface area contributed by atoms with Crippen molar-refractivity contribution in [3.8, 4) is 6.07 Å². The zero-order valence-electron chi connectivity index (χ0n) is 7.56. The van der Waals surface area contributed by atoms with Crippen molar-refractivity contribution in [3.63, 3.8) is 0 Å². The van der Waals surface area contributed by atoms with Gasteiger partial charge in [-0.3, -0.25) is 9.59 Å². The molecular formula is C9H11NO4. The lowest BCUT2D eigenvalue weighted by Gasteiger charge is -2.30. The number of carboxylic acids is 2. The Balaban J connectivity index is 2.81. The third kappa shape index (κ3) is 1.55. The van der Waals surface area contributed by atoms with E-state index in [1.807, 2.05) is 6.07 Å². The summed E-state index contributed by atoms with van der Waals surface area (Å²) in [7, 11) is 0. The molecule has 0 aliphatic heterocycles. The van der Waals surface area contributed by atoms with E-state index in [0.29, 0.717) is 12.8 Å². The maximum absolute atomic E-state index is 10.8. The molecule has 1 fully saturated rings. The molecule has 2 N–H and O–H groups in total. The standard InChI is InChI=1S/C9H11NO4/c10-5-6-1-3-9(4-2-6,7(11)12)8(13)14/h6H,1-4H2,(H,11,12)(H,13,14). The molecule has 0 amide bonds. The van der Waals surface area contributed by atoms with Crippen LogP contribution in [0.4, 0.5) is 0 Å². The fourth-order valence-electron chi connectivity index (χ4n) is 1.76. The average molecular weight is 197 g/mol. The average Bonchev–Trinajstić information content (AvgIpc) is 2.17. The Bertz CT molecular complexity index is 280. The highest BCUT2D eigenvalue weighted by Gasteiger charge is 2.48. The molecular weight excluding hydrogens is 186 g/mol. The summed E-state index contributed by atoms with van der Waals surface area (Å²) < 4.78 is 0. The number of nitriles is 1. The molecule has 0 radical (unpaired) electrons. The second kappa shape index (κ2) is 3.66. The van der Waals surface area contributed by atoms with Crippen LogP contribution in [0.3, 0.4) is 0 Å². The van der Waals surface area contributed by atoms with E-state index in [1.54, 1.807) is 0 Å². The van der Waals surface area contributed by atoms with Crippen LogP contribution in [0.1, 0.15) is 25.7 Å². The summed E-state index contributed by atoms with van der Waals surface area (Å²) in [4.78, 5) is 21.7. The van der Waals surface area contributed by atoms with Gasteiger partial charge >= 0.3 is 11.9 Å². The number of hydrogen-bond donors (Lipinski definition) is 2. The van der Waals surface area contributed by atoms with Crippen molar-refractivity contribution in [3.05, 3.63) is 0 Å². The second-order valence-electron chi connectivity index (χ2n) is 3.60. The Labute approximate surface area is 81.0 Å². The molecule has 0 bridgehead atoms. The molecule has 5 heteroatoms. The first-order valence-corrected chi connectivity index (χ1v) is 4.39. The molecule has 0 saturated heterocycles. The fraction of sp³-hybridized carbons (Fsp3) is 0.667. The third-order valence-corrected chi connectivity index (χ3v) is 2.84.